The van der Waals surface area contributed by atoms with Crippen LogP contribution in [-0.2, 0) is 33.7 Å². The SMILES string of the molecule is CCCCCCCCCCCCCCCCO[C@H]1C(n2ccc(NC(C)=O)nc2=O)O[C@H](COC(c2ccccc2)(c2ccc(OC)cc2)c2ccc(OC)cc2)[C@H]1OP(OCCC#N)N(C(C)C)C(C)C. The van der Waals surface area contributed by atoms with Crippen LogP contribution in [0, 0.1) is 11.3 Å². The lowest BCUT2D eigenvalue weighted by Gasteiger charge is -2.39. The van der Waals surface area contributed by atoms with Gasteiger partial charge in [0, 0.05) is 31.8 Å². The van der Waals surface area contributed by atoms with Crippen LogP contribution in [0.1, 0.15) is 161 Å². The largest absolute Gasteiger partial charge is 0.497 e. The van der Waals surface area contributed by atoms with Crippen molar-refractivity contribution in [2.45, 2.75) is 180 Å². The first-order chi connectivity index (χ1) is 35.0. The molecule has 0 bridgehead atoms. The van der Waals surface area contributed by atoms with Gasteiger partial charge in [-0.05, 0) is 81.1 Å². The quantitative estimate of drug-likeness (QED) is 0.0269. The van der Waals surface area contributed by atoms with E-state index >= 15 is 0 Å². The Bertz CT molecular complexity index is 2200. The summed E-state index contributed by atoms with van der Waals surface area (Å²) in [7, 11) is 1.45. The molecule has 72 heavy (non-hydrogen) atoms. The minimum Gasteiger partial charge on any atom is -0.497 e. The van der Waals surface area contributed by atoms with Crippen LogP contribution in [0.15, 0.2) is 95.9 Å². The number of aromatic nitrogens is 2. The Morgan fingerprint density at radius 1 is 0.764 bits per heavy atom. The number of amides is 1. The summed E-state index contributed by atoms with van der Waals surface area (Å²) in [6.45, 7) is 12.5. The molecule has 5 atom stereocenters. The Hall–Kier alpha value is -4.71. The van der Waals surface area contributed by atoms with Crippen molar-refractivity contribution in [2.24, 2.45) is 0 Å². The molecule has 1 aliphatic heterocycles. The standard InChI is InChI=1S/C57H82N5O9P/c1-9-10-11-12-13-14-15-16-17-18-19-20-21-25-40-67-54-53(71-72(69-41-26-38-58)62(43(2)3)44(4)5)51(70-55(54)61-39-37-52(59-45(6)63)60-56(61)64)42-68-57(46-27-23-22-24-28-46,47-29-33-49(65-7)34-30-47)48-31-35-50(66-8)36-32-48/h22-24,27-37,39,43-44,51,53-55H,9-21,25-26,40-42H2,1-8H3,(H,59,60,63,64)/t51-,53-,54-,55?,72?/m1/s1. The number of nitrogens with zero attached hydrogens (tertiary/aromatic N) is 4. The number of anilines is 1. The third kappa shape index (κ3) is 16.9. The minimum absolute atomic E-state index is 0.00458. The summed E-state index contributed by atoms with van der Waals surface area (Å²) in [5.41, 5.74) is 0.688. The van der Waals surface area contributed by atoms with E-state index in [0.717, 1.165) is 36.0 Å². The smallest absolute Gasteiger partial charge is 0.351 e. The van der Waals surface area contributed by atoms with Gasteiger partial charge in [0.1, 0.15) is 41.2 Å². The summed E-state index contributed by atoms with van der Waals surface area (Å²) in [6.07, 6.45) is 15.4. The molecule has 1 aromatic heterocycles. The van der Waals surface area contributed by atoms with E-state index in [1.807, 2.05) is 78.9 Å². The molecule has 1 fully saturated rings. The molecule has 15 heteroatoms. The summed E-state index contributed by atoms with van der Waals surface area (Å²) < 4.78 is 50.0. The number of carbonyl (C=O) groups excluding carboxylic acids is 1. The fourth-order valence-electron chi connectivity index (χ4n) is 9.42. The number of carbonyl (C=O) groups is 1. The number of ether oxygens (including phenoxy) is 5. The van der Waals surface area contributed by atoms with Crippen molar-refractivity contribution in [1.29, 1.82) is 5.26 Å². The molecule has 1 amide bonds. The van der Waals surface area contributed by atoms with Crippen molar-refractivity contribution in [3.8, 4) is 17.6 Å². The highest BCUT2D eigenvalue weighted by Crippen LogP contribution is 2.51. The first kappa shape index (κ1) is 58.2. The summed E-state index contributed by atoms with van der Waals surface area (Å²) in [6, 6.07) is 29.4. The molecule has 0 aliphatic carbocycles. The van der Waals surface area contributed by atoms with E-state index in [2.05, 4.69) is 55.7 Å². The van der Waals surface area contributed by atoms with Crippen LogP contribution >= 0.6 is 8.53 Å². The topological polar surface area (TPSA) is 156 Å². The zero-order chi connectivity index (χ0) is 51.7. The van der Waals surface area contributed by atoms with Gasteiger partial charge in [-0.3, -0.25) is 9.36 Å². The molecule has 2 heterocycles. The fraction of sp³-hybridized carbons (Fsp3) is 0.579. The number of rotatable bonds is 34. The van der Waals surface area contributed by atoms with Crippen LogP contribution in [0.5, 0.6) is 11.5 Å². The van der Waals surface area contributed by atoms with Crippen LogP contribution in [0.25, 0.3) is 0 Å². The number of unbranched alkanes of at least 4 members (excludes halogenated alkanes) is 13. The monoisotopic (exact) mass is 1010 g/mol. The van der Waals surface area contributed by atoms with Crippen molar-refractivity contribution in [2.75, 3.05) is 39.4 Å². The number of nitrogens with one attached hydrogen (secondary N) is 1. The van der Waals surface area contributed by atoms with Gasteiger partial charge in [-0.2, -0.15) is 10.2 Å². The second-order valence-electron chi connectivity index (χ2n) is 19.1. The Balaban J connectivity index is 1.51. The normalized spacial score (nSPS) is 17.4. The second-order valence-corrected chi connectivity index (χ2v) is 20.5. The first-order valence-electron chi connectivity index (χ1n) is 26.3. The molecular weight excluding hydrogens is 930 g/mol. The molecule has 0 spiro atoms. The maximum atomic E-state index is 14.1. The van der Waals surface area contributed by atoms with Crippen molar-refractivity contribution in [3.05, 3.63) is 118 Å². The molecule has 0 radical (unpaired) electrons. The lowest BCUT2D eigenvalue weighted by atomic mass is 9.80. The molecule has 14 nitrogen and oxygen atoms in total. The van der Waals surface area contributed by atoms with Gasteiger partial charge in [-0.25, -0.2) is 9.46 Å². The van der Waals surface area contributed by atoms with Crippen molar-refractivity contribution < 1.29 is 37.5 Å². The van der Waals surface area contributed by atoms with Crippen LogP contribution < -0.4 is 20.5 Å². The maximum absolute atomic E-state index is 14.1. The minimum atomic E-state index is -1.82. The molecule has 4 aromatic rings. The lowest BCUT2D eigenvalue weighted by Crippen LogP contribution is -2.43. The number of methoxy groups -OCH3 is 2. The molecule has 3 aromatic carbocycles. The van der Waals surface area contributed by atoms with Crippen molar-refractivity contribution in [1.82, 2.24) is 14.2 Å². The van der Waals surface area contributed by atoms with Crippen LogP contribution in [0.3, 0.4) is 0 Å². The van der Waals surface area contributed by atoms with E-state index < -0.39 is 44.4 Å². The number of benzene rings is 3. The third-order valence-electron chi connectivity index (χ3n) is 13.0. The molecular formula is C57H82N5O9P. The molecule has 0 saturated carbocycles. The molecule has 1 aliphatic rings. The fourth-order valence-corrected chi connectivity index (χ4v) is 11.2. The molecule has 394 valence electrons. The zero-order valence-electron chi connectivity index (χ0n) is 44.3. The highest BCUT2D eigenvalue weighted by molar-refractivity contribution is 7.44. The van der Waals surface area contributed by atoms with Gasteiger partial charge in [0.15, 0.2) is 6.23 Å². The summed E-state index contributed by atoms with van der Waals surface area (Å²) in [5.74, 6) is 1.16. The van der Waals surface area contributed by atoms with E-state index in [0.29, 0.717) is 18.1 Å². The van der Waals surface area contributed by atoms with Crippen LogP contribution in [-0.4, -0.2) is 84.6 Å². The van der Waals surface area contributed by atoms with Gasteiger partial charge in [-0.1, -0.05) is 145 Å². The van der Waals surface area contributed by atoms with Crippen molar-refractivity contribution in [3.63, 3.8) is 0 Å². The predicted octanol–water partition coefficient (Wildman–Crippen LogP) is 12.7. The van der Waals surface area contributed by atoms with E-state index in [4.69, 9.17) is 32.7 Å². The zero-order valence-corrected chi connectivity index (χ0v) is 45.2. The Kier molecular flexibility index (Phi) is 25.1. The van der Waals surface area contributed by atoms with Gasteiger partial charge >= 0.3 is 5.69 Å². The Labute approximate surface area is 431 Å². The molecule has 2 unspecified atom stereocenters. The molecule has 1 saturated heterocycles. The summed E-state index contributed by atoms with van der Waals surface area (Å²) in [5, 5.41) is 12.2. The summed E-state index contributed by atoms with van der Waals surface area (Å²) in [4.78, 5) is 30.3. The first-order valence-corrected chi connectivity index (χ1v) is 27.5. The van der Waals surface area contributed by atoms with Gasteiger partial charge in [0.25, 0.3) is 8.53 Å². The number of hydrogen-bond acceptors (Lipinski definition) is 12. The highest BCUT2D eigenvalue weighted by Gasteiger charge is 2.51. The average molecular weight is 1010 g/mol. The predicted molar refractivity (Wildman–Crippen MR) is 285 cm³/mol. The van der Waals surface area contributed by atoms with Gasteiger partial charge in [0.2, 0.25) is 5.91 Å². The number of nitriles is 1. The number of hydrogen-bond donors (Lipinski definition) is 1. The summed E-state index contributed by atoms with van der Waals surface area (Å²) >= 11 is 0. The van der Waals surface area contributed by atoms with Gasteiger partial charge < -0.3 is 38.0 Å². The van der Waals surface area contributed by atoms with Crippen LogP contribution in [0.4, 0.5) is 5.82 Å². The Morgan fingerprint density at radius 2 is 1.29 bits per heavy atom. The molecule has 1 N–H and O–H groups in total. The van der Waals surface area contributed by atoms with E-state index in [1.165, 1.54) is 82.1 Å². The van der Waals surface area contributed by atoms with Crippen LogP contribution in [0.2, 0.25) is 0 Å². The highest BCUT2D eigenvalue weighted by atomic mass is 31.2. The third-order valence-corrected chi connectivity index (χ3v) is 15.1. The Morgan fingerprint density at radius 3 is 1.78 bits per heavy atom. The van der Waals surface area contributed by atoms with E-state index in [9.17, 15) is 14.9 Å². The average Bonchev–Trinajstić information content (AvgIpc) is 3.71. The van der Waals surface area contributed by atoms with E-state index in [1.54, 1.807) is 26.5 Å². The van der Waals surface area contributed by atoms with Gasteiger partial charge in [0.05, 0.1) is 39.9 Å². The second kappa shape index (κ2) is 31.1. The van der Waals surface area contributed by atoms with E-state index in [-0.39, 0.29) is 43.4 Å². The van der Waals surface area contributed by atoms with Crippen molar-refractivity contribution >= 4 is 20.3 Å². The maximum Gasteiger partial charge on any atom is 0.351 e. The molecule has 5 rings (SSSR count). The van der Waals surface area contributed by atoms with Gasteiger partial charge in [-0.15, -0.1) is 0 Å². The lowest BCUT2D eigenvalue weighted by molar-refractivity contribution is -0.114.